The quantitative estimate of drug-likeness (QED) is 0.761. The Kier molecular flexibility index (Phi) is 3.98. The number of hydrogen-bond acceptors (Lipinski definition) is 3. The largest absolute Gasteiger partial charge is 0.493 e. The van der Waals surface area contributed by atoms with Gasteiger partial charge >= 0.3 is 0 Å². The summed E-state index contributed by atoms with van der Waals surface area (Å²) in [4.78, 5) is 4.76. The van der Waals surface area contributed by atoms with Crippen LogP contribution in [0.2, 0.25) is 0 Å². The van der Waals surface area contributed by atoms with Crippen LogP contribution in [-0.2, 0) is 6.42 Å². The number of fused-ring (bicyclic) bond motifs is 1. The Morgan fingerprint density at radius 3 is 2.57 bits per heavy atom. The Balaban J connectivity index is 2.15. The highest BCUT2D eigenvalue weighted by Gasteiger charge is 2.39. The summed E-state index contributed by atoms with van der Waals surface area (Å²) >= 11 is 5.95. The van der Waals surface area contributed by atoms with E-state index in [2.05, 4.69) is 11.5 Å². The Labute approximate surface area is 130 Å². The van der Waals surface area contributed by atoms with Gasteiger partial charge in [-0.1, -0.05) is 13.3 Å². The van der Waals surface area contributed by atoms with E-state index in [1.54, 1.807) is 14.2 Å². The number of hydrogen-bond donors (Lipinski definition) is 0. The van der Waals surface area contributed by atoms with Gasteiger partial charge in [-0.25, -0.2) is 4.98 Å². The third-order valence-corrected chi connectivity index (χ3v) is 4.52. The normalized spacial score (nSPS) is 20.8. The second kappa shape index (κ2) is 5.76. The van der Waals surface area contributed by atoms with Crippen LogP contribution >= 0.6 is 11.6 Å². The summed E-state index contributed by atoms with van der Waals surface area (Å²) in [5, 5.41) is 0. The number of alkyl halides is 1. The van der Waals surface area contributed by atoms with E-state index >= 15 is 0 Å². The fourth-order valence-electron chi connectivity index (χ4n) is 3.09. The van der Waals surface area contributed by atoms with Gasteiger partial charge in [-0.3, -0.25) is 0 Å². The Hall–Kier alpha value is -1.42. The summed E-state index contributed by atoms with van der Waals surface area (Å²) < 4.78 is 13.2. The predicted molar refractivity (Wildman–Crippen MR) is 84.7 cm³/mol. The van der Waals surface area contributed by atoms with Gasteiger partial charge in [0.05, 0.1) is 25.3 Å². The third kappa shape index (κ3) is 2.46. The lowest BCUT2D eigenvalue weighted by atomic mass is 10.2. The Morgan fingerprint density at radius 1 is 1.29 bits per heavy atom. The average molecular weight is 309 g/mol. The van der Waals surface area contributed by atoms with Gasteiger partial charge in [-0.2, -0.15) is 0 Å². The van der Waals surface area contributed by atoms with Crippen molar-refractivity contribution in [1.82, 2.24) is 9.55 Å². The number of methoxy groups -OCH3 is 2. The molecule has 2 atom stereocenters. The lowest BCUT2D eigenvalue weighted by Gasteiger charge is -2.10. The van der Waals surface area contributed by atoms with Gasteiger partial charge in [0.15, 0.2) is 11.5 Å². The zero-order valence-corrected chi connectivity index (χ0v) is 13.5. The monoisotopic (exact) mass is 308 g/mol. The molecule has 0 amide bonds. The maximum atomic E-state index is 5.95. The van der Waals surface area contributed by atoms with Crippen molar-refractivity contribution in [2.75, 3.05) is 20.1 Å². The standard InChI is InChI=1S/C16H21ClN2O2/c1-4-10-7-12(10)19-13-9-15(21-3)14(20-2)8-11(13)18-16(19)5-6-17/h8-10,12H,4-7H2,1-3H3. The molecule has 4 nitrogen and oxygen atoms in total. The molecule has 2 aromatic rings. The minimum Gasteiger partial charge on any atom is -0.493 e. The van der Waals surface area contributed by atoms with Crippen molar-refractivity contribution in [3.05, 3.63) is 18.0 Å². The highest BCUT2D eigenvalue weighted by molar-refractivity contribution is 6.17. The van der Waals surface area contributed by atoms with Gasteiger partial charge in [-0.15, -0.1) is 11.6 Å². The molecule has 21 heavy (non-hydrogen) atoms. The van der Waals surface area contributed by atoms with Crippen LogP contribution in [-0.4, -0.2) is 29.7 Å². The Morgan fingerprint density at radius 2 is 2.00 bits per heavy atom. The van der Waals surface area contributed by atoms with E-state index in [4.69, 9.17) is 26.1 Å². The van der Waals surface area contributed by atoms with E-state index in [-0.39, 0.29) is 0 Å². The van der Waals surface area contributed by atoms with E-state index in [1.807, 2.05) is 12.1 Å². The van der Waals surface area contributed by atoms with E-state index in [1.165, 1.54) is 12.8 Å². The van der Waals surface area contributed by atoms with Crippen molar-refractivity contribution >= 4 is 22.6 Å². The highest BCUT2D eigenvalue weighted by atomic mass is 35.5. The molecule has 0 spiro atoms. The van der Waals surface area contributed by atoms with Crippen LogP contribution in [0.15, 0.2) is 12.1 Å². The van der Waals surface area contributed by atoms with E-state index in [0.29, 0.717) is 11.9 Å². The molecular weight excluding hydrogens is 288 g/mol. The van der Waals surface area contributed by atoms with Crippen LogP contribution in [0.5, 0.6) is 11.5 Å². The van der Waals surface area contributed by atoms with E-state index in [0.717, 1.165) is 40.7 Å². The topological polar surface area (TPSA) is 36.3 Å². The Bertz CT molecular complexity index is 653. The molecule has 0 N–H and O–H groups in total. The molecule has 0 radical (unpaired) electrons. The first-order valence-corrected chi connectivity index (χ1v) is 7.95. The SMILES string of the molecule is CCC1CC1n1c(CCCl)nc2cc(OC)c(OC)cc21. The molecule has 1 fully saturated rings. The van der Waals surface area contributed by atoms with Gasteiger partial charge in [-0.05, 0) is 12.3 Å². The van der Waals surface area contributed by atoms with Crippen LogP contribution in [0, 0.1) is 5.92 Å². The molecular formula is C16H21ClN2O2. The highest BCUT2D eigenvalue weighted by Crippen LogP contribution is 2.48. The zero-order valence-electron chi connectivity index (χ0n) is 12.7. The molecule has 0 bridgehead atoms. The molecule has 114 valence electrons. The molecule has 1 aromatic heterocycles. The van der Waals surface area contributed by atoms with Crippen LogP contribution in [0.1, 0.15) is 31.6 Å². The van der Waals surface area contributed by atoms with Crippen LogP contribution in [0.4, 0.5) is 0 Å². The second-order valence-corrected chi connectivity index (χ2v) is 5.88. The maximum absolute atomic E-state index is 5.95. The maximum Gasteiger partial charge on any atom is 0.163 e. The zero-order chi connectivity index (χ0) is 15.0. The summed E-state index contributed by atoms with van der Waals surface area (Å²) in [7, 11) is 3.31. The number of ether oxygens (including phenoxy) is 2. The number of benzene rings is 1. The number of rotatable bonds is 6. The first-order valence-electron chi connectivity index (χ1n) is 7.42. The molecule has 1 aliphatic carbocycles. The van der Waals surface area contributed by atoms with Crippen molar-refractivity contribution < 1.29 is 9.47 Å². The van der Waals surface area contributed by atoms with E-state index < -0.39 is 0 Å². The molecule has 3 rings (SSSR count). The fourth-order valence-corrected chi connectivity index (χ4v) is 3.26. The van der Waals surface area contributed by atoms with Gasteiger partial charge in [0.25, 0.3) is 0 Å². The van der Waals surface area contributed by atoms with Crippen LogP contribution in [0.3, 0.4) is 0 Å². The van der Waals surface area contributed by atoms with Gasteiger partial charge < -0.3 is 14.0 Å². The third-order valence-electron chi connectivity index (χ3n) is 4.33. The molecule has 5 heteroatoms. The first-order chi connectivity index (χ1) is 10.2. The predicted octanol–water partition coefficient (Wildman–Crippen LogP) is 3.81. The number of halogens is 1. The number of nitrogens with zero attached hydrogens (tertiary/aromatic N) is 2. The smallest absolute Gasteiger partial charge is 0.163 e. The van der Waals surface area contributed by atoms with E-state index in [9.17, 15) is 0 Å². The minimum atomic E-state index is 0.552. The van der Waals surface area contributed by atoms with Gasteiger partial charge in [0.2, 0.25) is 0 Å². The van der Waals surface area contributed by atoms with Crippen molar-refractivity contribution in [2.24, 2.45) is 5.92 Å². The molecule has 0 aliphatic heterocycles. The van der Waals surface area contributed by atoms with Crippen LogP contribution < -0.4 is 9.47 Å². The number of aromatic nitrogens is 2. The average Bonchev–Trinajstić information content (AvgIpc) is 3.20. The lowest BCUT2D eigenvalue weighted by molar-refractivity contribution is 0.355. The van der Waals surface area contributed by atoms with Crippen LogP contribution in [0.25, 0.3) is 11.0 Å². The summed E-state index contributed by atoms with van der Waals surface area (Å²) in [5.41, 5.74) is 2.07. The lowest BCUT2D eigenvalue weighted by Crippen LogP contribution is -2.04. The number of imidazole rings is 1. The molecule has 1 heterocycles. The van der Waals surface area contributed by atoms with Crippen molar-refractivity contribution in [3.63, 3.8) is 0 Å². The summed E-state index contributed by atoms with van der Waals surface area (Å²) in [6, 6.07) is 4.53. The number of aryl methyl sites for hydroxylation is 1. The van der Waals surface area contributed by atoms with Crippen molar-refractivity contribution in [3.8, 4) is 11.5 Å². The van der Waals surface area contributed by atoms with Gasteiger partial charge in [0.1, 0.15) is 5.82 Å². The van der Waals surface area contributed by atoms with Gasteiger partial charge in [0, 0.05) is 30.5 Å². The molecule has 1 aromatic carbocycles. The molecule has 0 saturated heterocycles. The van der Waals surface area contributed by atoms with Crippen molar-refractivity contribution in [2.45, 2.75) is 32.2 Å². The summed E-state index contributed by atoms with van der Waals surface area (Å²) in [6.07, 6.45) is 3.22. The fraction of sp³-hybridized carbons (Fsp3) is 0.562. The molecule has 1 aliphatic rings. The summed E-state index contributed by atoms with van der Waals surface area (Å²) in [6.45, 7) is 2.24. The van der Waals surface area contributed by atoms with Crippen molar-refractivity contribution in [1.29, 1.82) is 0 Å². The molecule has 1 saturated carbocycles. The molecule has 2 unspecified atom stereocenters. The summed E-state index contributed by atoms with van der Waals surface area (Å²) in [5.74, 6) is 3.87. The first kappa shape index (κ1) is 14.5. The second-order valence-electron chi connectivity index (χ2n) is 5.50. The minimum absolute atomic E-state index is 0.552.